The van der Waals surface area contributed by atoms with Crippen LogP contribution < -0.4 is 4.74 Å². The van der Waals surface area contributed by atoms with Crippen LogP contribution in [0, 0.1) is 5.92 Å². The highest BCUT2D eigenvalue weighted by molar-refractivity contribution is 5.37. The molecule has 1 aliphatic rings. The first kappa shape index (κ1) is 12.2. The molecule has 0 bridgehead atoms. The van der Waals surface area contributed by atoms with E-state index in [1.54, 1.807) is 7.11 Å². The molecule has 0 aliphatic carbocycles. The smallest absolute Gasteiger partial charge is 0.125 e. The van der Waals surface area contributed by atoms with E-state index in [-0.39, 0.29) is 6.10 Å². The van der Waals surface area contributed by atoms with Crippen molar-refractivity contribution >= 4 is 0 Å². The summed E-state index contributed by atoms with van der Waals surface area (Å²) in [7, 11) is 1.78. The number of ether oxygens (including phenoxy) is 2. The first-order valence-corrected chi connectivity index (χ1v) is 6.67. The van der Waals surface area contributed by atoms with Gasteiger partial charge >= 0.3 is 0 Å². The monoisotopic (exact) mass is 254 g/mol. The molecule has 2 heteroatoms. The van der Waals surface area contributed by atoms with Gasteiger partial charge < -0.3 is 9.47 Å². The van der Waals surface area contributed by atoms with Crippen LogP contribution in [-0.4, -0.2) is 13.7 Å². The molecule has 0 N–H and O–H groups in total. The van der Waals surface area contributed by atoms with E-state index in [1.807, 2.05) is 24.3 Å². The summed E-state index contributed by atoms with van der Waals surface area (Å²) >= 11 is 0. The normalized spacial score (nSPS) is 21.5. The molecule has 0 fully saturated rings. The molecule has 1 aliphatic heterocycles. The number of fused-ring (bicyclic) bond motifs is 1. The lowest BCUT2D eigenvalue weighted by atomic mass is 9.88. The molecule has 0 aromatic heterocycles. The highest BCUT2D eigenvalue weighted by atomic mass is 16.5. The van der Waals surface area contributed by atoms with E-state index >= 15 is 0 Å². The predicted octanol–water partition coefficient (Wildman–Crippen LogP) is 3.63. The van der Waals surface area contributed by atoms with Gasteiger partial charge in [0.05, 0.1) is 12.7 Å². The molecular weight excluding hydrogens is 236 g/mol. The van der Waals surface area contributed by atoms with Crippen LogP contribution in [0.4, 0.5) is 0 Å². The summed E-state index contributed by atoms with van der Waals surface area (Å²) in [6, 6.07) is 18.7. The van der Waals surface area contributed by atoms with Gasteiger partial charge in [-0.05, 0) is 18.1 Å². The van der Waals surface area contributed by atoms with Crippen molar-refractivity contribution in [2.24, 2.45) is 5.92 Å². The average Bonchev–Trinajstić information content (AvgIpc) is 2.48. The van der Waals surface area contributed by atoms with Crippen LogP contribution in [0.1, 0.15) is 17.2 Å². The summed E-state index contributed by atoms with van der Waals surface area (Å²) in [4.78, 5) is 0. The lowest BCUT2D eigenvalue weighted by molar-refractivity contribution is 0.0118. The van der Waals surface area contributed by atoms with Gasteiger partial charge in [0, 0.05) is 18.6 Å². The Morgan fingerprint density at radius 3 is 2.58 bits per heavy atom. The highest BCUT2D eigenvalue weighted by Gasteiger charge is 2.30. The van der Waals surface area contributed by atoms with Gasteiger partial charge in [-0.3, -0.25) is 0 Å². The molecule has 0 unspecified atom stereocenters. The van der Waals surface area contributed by atoms with Crippen molar-refractivity contribution in [2.75, 3.05) is 13.7 Å². The van der Waals surface area contributed by atoms with Crippen LogP contribution in [0.2, 0.25) is 0 Å². The molecule has 19 heavy (non-hydrogen) atoms. The van der Waals surface area contributed by atoms with E-state index in [0.717, 1.165) is 17.7 Å². The van der Waals surface area contributed by atoms with Gasteiger partial charge in [0.2, 0.25) is 0 Å². The van der Waals surface area contributed by atoms with Crippen LogP contribution in [0.3, 0.4) is 0 Å². The standard InChI is InChI=1S/C17H18O2/c1-18-17-14(11-13-7-3-2-4-8-13)12-19-16-10-6-5-9-15(16)17/h2-10,14,17H,11-12H2,1H3/t14-,17+/m1/s1. The maximum atomic E-state index is 5.86. The van der Waals surface area contributed by atoms with E-state index in [1.165, 1.54) is 5.56 Å². The quantitative estimate of drug-likeness (QED) is 0.832. The number of rotatable bonds is 3. The second-order valence-corrected chi connectivity index (χ2v) is 4.95. The fourth-order valence-electron chi connectivity index (χ4n) is 2.79. The molecule has 0 amide bonds. The van der Waals surface area contributed by atoms with Gasteiger partial charge in [-0.25, -0.2) is 0 Å². The first-order valence-electron chi connectivity index (χ1n) is 6.67. The average molecular weight is 254 g/mol. The minimum Gasteiger partial charge on any atom is -0.493 e. The van der Waals surface area contributed by atoms with Gasteiger partial charge in [-0.1, -0.05) is 48.5 Å². The van der Waals surface area contributed by atoms with Crippen molar-refractivity contribution in [3.05, 3.63) is 65.7 Å². The number of benzene rings is 2. The van der Waals surface area contributed by atoms with Crippen LogP contribution in [0.15, 0.2) is 54.6 Å². The number of methoxy groups -OCH3 is 1. The van der Waals surface area contributed by atoms with E-state index in [9.17, 15) is 0 Å². The summed E-state index contributed by atoms with van der Waals surface area (Å²) in [5.74, 6) is 1.32. The van der Waals surface area contributed by atoms with Gasteiger partial charge in [0.25, 0.3) is 0 Å². The molecule has 1 heterocycles. The summed E-state index contributed by atoms with van der Waals surface area (Å²) in [6.07, 6.45) is 1.10. The second-order valence-electron chi connectivity index (χ2n) is 4.95. The van der Waals surface area contributed by atoms with Crippen LogP contribution in [0.25, 0.3) is 0 Å². The number of hydrogen-bond donors (Lipinski definition) is 0. The summed E-state index contributed by atoms with van der Waals surface area (Å²) in [5, 5.41) is 0. The Kier molecular flexibility index (Phi) is 3.51. The van der Waals surface area contributed by atoms with Crippen LogP contribution in [-0.2, 0) is 11.2 Å². The zero-order valence-corrected chi connectivity index (χ0v) is 11.1. The lowest BCUT2D eigenvalue weighted by Gasteiger charge is -2.32. The molecule has 0 spiro atoms. The summed E-state index contributed by atoms with van der Waals surface area (Å²) in [5.41, 5.74) is 2.50. The zero-order valence-electron chi connectivity index (χ0n) is 11.1. The van der Waals surface area contributed by atoms with E-state index < -0.39 is 0 Å². The van der Waals surface area contributed by atoms with Crippen molar-refractivity contribution in [1.29, 1.82) is 0 Å². The Morgan fingerprint density at radius 1 is 1.05 bits per heavy atom. The molecule has 2 aromatic rings. The Bertz CT molecular complexity index is 536. The Hall–Kier alpha value is -1.80. The second kappa shape index (κ2) is 5.45. The largest absolute Gasteiger partial charge is 0.493 e. The third kappa shape index (κ3) is 2.49. The molecule has 3 rings (SSSR count). The third-order valence-corrected chi connectivity index (χ3v) is 3.70. The van der Waals surface area contributed by atoms with Gasteiger partial charge in [0.1, 0.15) is 5.75 Å². The summed E-state index contributed by atoms with van der Waals surface area (Å²) in [6.45, 7) is 0.713. The molecule has 0 saturated heterocycles. The first-order chi connectivity index (χ1) is 9.38. The van der Waals surface area contributed by atoms with E-state index in [0.29, 0.717) is 12.5 Å². The molecule has 0 radical (unpaired) electrons. The minimum absolute atomic E-state index is 0.116. The fraction of sp³-hybridized carbons (Fsp3) is 0.294. The Balaban J connectivity index is 1.84. The lowest BCUT2D eigenvalue weighted by Crippen LogP contribution is -2.28. The van der Waals surface area contributed by atoms with Gasteiger partial charge in [-0.2, -0.15) is 0 Å². The van der Waals surface area contributed by atoms with Crippen molar-refractivity contribution < 1.29 is 9.47 Å². The van der Waals surface area contributed by atoms with E-state index in [4.69, 9.17) is 9.47 Å². The third-order valence-electron chi connectivity index (χ3n) is 3.70. The zero-order chi connectivity index (χ0) is 13.1. The van der Waals surface area contributed by atoms with Crippen LogP contribution >= 0.6 is 0 Å². The molecule has 2 nitrogen and oxygen atoms in total. The molecule has 2 aromatic carbocycles. The number of hydrogen-bond acceptors (Lipinski definition) is 2. The molecular formula is C17H18O2. The van der Waals surface area contributed by atoms with Gasteiger partial charge in [-0.15, -0.1) is 0 Å². The number of para-hydroxylation sites is 1. The predicted molar refractivity (Wildman–Crippen MR) is 75.3 cm³/mol. The fourth-order valence-corrected chi connectivity index (χ4v) is 2.79. The van der Waals surface area contributed by atoms with Crippen molar-refractivity contribution in [2.45, 2.75) is 12.5 Å². The Morgan fingerprint density at radius 2 is 1.79 bits per heavy atom. The maximum Gasteiger partial charge on any atom is 0.125 e. The van der Waals surface area contributed by atoms with Gasteiger partial charge in [0.15, 0.2) is 0 Å². The molecule has 0 saturated carbocycles. The Labute approximate surface area is 114 Å². The van der Waals surface area contributed by atoms with Crippen LogP contribution in [0.5, 0.6) is 5.75 Å². The minimum atomic E-state index is 0.116. The van der Waals surface area contributed by atoms with E-state index in [2.05, 4.69) is 30.3 Å². The van der Waals surface area contributed by atoms with Crippen molar-refractivity contribution in [1.82, 2.24) is 0 Å². The molecule has 98 valence electrons. The maximum absolute atomic E-state index is 5.86. The SMILES string of the molecule is CO[C@@H]1c2ccccc2OC[C@H]1Cc1ccccc1. The highest BCUT2D eigenvalue weighted by Crippen LogP contribution is 2.38. The van der Waals surface area contributed by atoms with Crippen molar-refractivity contribution in [3.63, 3.8) is 0 Å². The van der Waals surface area contributed by atoms with Crippen molar-refractivity contribution in [3.8, 4) is 5.75 Å². The summed E-state index contributed by atoms with van der Waals surface area (Å²) < 4.78 is 11.6. The topological polar surface area (TPSA) is 18.5 Å². The molecule has 2 atom stereocenters.